The molecule has 0 atom stereocenters. The topological polar surface area (TPSA) is 26.0 Å². The zero-order valence-electron chi connectivity index (χ0n) is 5.14. The van der Waals surface area contributed by atoms with Crippen LogP contribution >= 0.6 is 0 Å². The van der Waals surface area contributed by atoms with E-state index >= 15 is 0 Å². The second kappa shape index (κ2) is 4.66. The maximum Gasteiger partial charge on any atom is 0.225 e. The minimum Gasteiger partial charge on any atom is -0.369 e. The fourth-order valence-electron chi connectivity index (χ4n) is 0.524. The highest BCUT2D eigenvalue weighted by atomic mass is 14.4. The zero-order valence-corrected chi connectivity index (χ0v) is 5.14. The second-order valence-electron chi connectivity index (χ2n) is 1.81. The van der Waals surface area contributed by atoms with Crippen LogP contribution < -0.4 is 5.64 Å². The van der Waals surface area contributed by atoms with E-state index < -0.39 is 0 Å². The minimum absolute atomic E-state index is 0.227. The molecule has 0 radical (unpaired) electrons. The third-order valence-corrected chi connectivity index (χ3v) is 0.939. The molecular weight excluding hydrogens is 96.9 g/mol. The van der Waals surface area contributed by atoms with E-state index in [0.29, 0.717) is 0 Å². The van der Waals surface area contributed by atoms with E-state index in [1.165, 1.54) is 0 Å². The van der Waals surface area contributed by atoms with Crippen LogP contribution in [-0.2, 0) is 0 Å². The van der Waals surface area contributed by atoms with E-state index in [1.54, 1.807) is 0 Å². The van der Waals surface area contributed by atoms with Crippen molar-refractivity contribution in [3.63, 3.8) is 0 Å². The summed E-state index contributed by atoms with van der Waals surface area (Å²) in [4.78, 5) is 0. The molecule has 0 aromatic rings. The Morgan fingerprint density at radius 1 is 1.25 bits per heavy atom. The fraction of sp³-hybridized carbons (Fsp3) is 0.333. The van der Waals surface area contributed by atoms with Crippen LogP contribution in [0.1, 0.15) is 0 Å². The molecule has 0 unspecified atom stereocenters. The summed E-state index contributed by atoms with van der Waals surface area (Å²) in [6, 6.07) is 0. The van der Waals surface area contributed by atoms with Gasteiger partial charge in [0.15, 0.2) is 0 Å². The zero-order chi connectivity index (χ0) is 6.41. The maximum absolute atomic E-state index is 5.55. The highest BCUT2D eigenvalue weighted by molar-refractivity contribution is 6.56. The first-order valence-corrected chi connectivity index (χ1v) is 2.78. The molecule has 0 aliphatic heterocycles. The molecule has 0 heterocycles. The van der Waals surface area contributed by atoms with E-state index in [1.807, 2.05) is 12.2 Å². The van der Waals surface area contributed by atoms with Crippen LogP contribution in [0, 0.1) is 0 Å². The molecule has 0 aliphatic rings. The van der Waals surface area contributed by atoms with E-state index in [-0.39, 0.29) is 6.85 Å². The monoisotopic (exact) mass is 109 g/mol. The fourth-order valence-corrected chi connectivity index (χ4v) is 0.524. The predicted molar refractivity (Wildman–Crippen MR) is 39.9 cm³/mol. The molecule has 0 aromatic heterocycles. The molecule has 44 valence electrons. The van der Waals surface area contributed by atoms with Gasteiger partial charge in [0.2, 0.25) is 6.85 Å². The summed E-state index contributed by atoms with van der Waals surface area (Å²) < 4.78 is 0. The normalized spacial score (nSPS) is 8.12. The molecule has 0 aliphatic carbocycles. The van der Waals surface area contributed by atoms with Gasteiger partial charge in [-0.25, -0.2) is 0 Å². The number of rotatable bonds is 4. The summed E-state index contributed by atoms with van der Waals surface area (Å²) in [5, 5.41) is 0. The Kier molecular flexibility index (Phi) is 4.37. The summed E-state index contributed by atoms with van der Waals surface area (Å²) >= 11 is 0. The molecular formula is C6H12BN. The molecule has 1 nitrogen and oxygen atoms in total. The number of nitrogens with two attached hydrogens (primary N) is 1. The van der Waals surface area contributed by atoms with Gasteiger partial charge in [-0.15, -0.1) is 13.2 Å². The van der Waals surface area contributed by atoms with E-state index in [9.17, 15) is 0 Å². The first-order valence-electron chi connectivity index (χ1n) is 2.78. The van der Waals surface area contributed by atoms with E-state index in [0.717, 1.165) is 12.6 Å². The Morgan fingerprint density at radius 3 is 1.88 bits per heavy atom. The van der Waals surface area contributed by atoms with Crippen molar-refractivity contribution in [3.8, 4) is 0 Å². The highest BCUT2D eigenvalue weighted by Crippen LogP contribution is 1.92. The van der Waals surface area contributed by atoms with Crippen LogP contribution in [-0.4, -0.2) is 6.85 Å². The number of hydrogen-bond donors (Lipinski definition) is 1. The number of hydrogen-bond acceptors (Lipinski definition) is 1. The standard InChI is InChI=1S/C6H12BN/c1-3-5-7(8)6-4-2/h3-4H,1-2,5-6,8H2. The highest BCUT2D eigenvalue weighted by Gasteiger charge is 1.99. The van der Waals surface area contributed by atoms with Gasteiger partial charge < -0.3 is 5.64 Å². The molecule has 2 heteroatoms. The quantitative estimate of drug-likeness (QED) is 0.427. The van der Waals surface area contributed by atoms with Crippen molar-refractivity contribution >= 4 is 6.85 Å². The van der Waals surface area contributed by atoms with Crippen LogP contribution in [0.5, 0.6) is 0 Å². The summed E-state index contributed by atoms with van der Waals surface area (Å²) in [5.41, 5.74) is 5.55. The Morgan fingerprint density at radius 2 is 1.62 bits per heavy atom. The van der Waals surface area contributed by atoms with Crippen LogP contribution in [0.15, 0.2) is 25.3 Å². The summed E-state index contributed by atoms with van der Waals surface area (Å²) in [5.74, 6) is 0. The molecule has 0 aromatic carbocycles. The first-order chi connectivity index (χ1) is 3.81. The predicted octanol–water partition coefficient (Wildman–Crippen LogP) is 1.31. The maximum atomic E-state index is 5.55. The Bertz CT molecular complexity index is 70.6. The lowest BCUT2D eigenvalue weighted by Crippen LogP contribution is -2.22. The Labute approximate surface area is 51.4 Å². The minimum atomic E-state index is 0.227. The summed E-state index contributed by atoms with van der Waals surface area (Å²) in [7, 11) is 0. The van der Waals surface area contributed by atoms with Gasteiger partial charge in [-0.1, -0.05) is 12.2 Å². The molecule has 0 saturated heterocycles. The average Bonchev–Trinajstić information content (AvgIpc) is 1.68. The van der Waals surface area contributed by atoms with Gasteiger partial charge in [0.1, 0.15) is 0 Å². The Hall–Kier alpha value is -0.495. The van der Waals surface area contributed by atoms with Crippen LogP contribution in [0.25, 0.3) is 0 Å². The molecule has 0 spiro atoms. The molecule has 8 heavy (non-hydrogen) atoms. The van der Waals surface area contributed by atoms with E-state index in [4.69, 9.17) is 5.64 Å². The first kappa shape index (κ1) is 7.50. The largest absolute Gasteiger partial charge is 0.369 e. The lowest BCUT2D eigenvalue weighted by Gasteiger charge is -1.96. The Balaban J connectivity index is 3.16. The van der Waals surface area contributed by atoms with Gasteiger partial charge in [-0.05, 0) is 12.6 Å². The third kappa shape index (κ3) is 3.69. The van der Waals surface area contributed by atoms with Crippen LogP contribution in [0.2, 0.25) is 12.6 Å². The van der Waals surface area contributed by atoms with Gasteiger partial charge in [0.05, 0.1) is 0 Å². The third-order valence-electron chi connectivity index (χ3n) is 0.939. The van der Waals surface area contributed by atoms with Crippen LogP contribution in [0.3, 0.4) is 0 Å². The smallest absolute Gasteiger partial charge is 0.225 e. The molecule has 0 amide bonds. The SMILES string of the molecule is C=CCB(N)CC=C. The van der Waals surface area contributed by atoms with E-state index in [2.05, 4.69) is 13.2 Å². The van der Waals surface area contributed by atoms with Crippen molar-refractivity contribution in [2.24, 2.45) is 5.64 Å². The van der Waals surface area contributed by atoms with Crippen molar-refractivity contribution < 1.29 is 0 Å². The number of allylic oxidation sites excluding steroid dienone is 2. The second-order valence-corrected chi connectivity index (χ2v) is 1.81. The van der Waals surface area contributed by atoms with Gasteiger partial charge in [-0.3, -0.25) is 0 Å². The van der Waals surface area contributed by atoms with Gasteiger partial charge in [-0.2, -0.15) is 0 Å². The van der Waals surface area contributed by atoms with Gasteiger partial charge in [0, 0.05) is 0 Å². The van der Waals surface area contributed by atoms with Crippen molar-refractivity contribution in [2.75, 3.05) is 0 Å². The summed E-state index contributed by atoms with van der Waals surface area (Å²) in [6.07, 6.45) is 5.42. The van der Waals surface area contributed by atoms with Crippen molar-refractivity contribution in [2.45, 2.75) is 12.6 Å². The van der Waals surface area contributed by atoms with Crippen molar-refractivity contribution in [1.29, 1.82) is 0 Å². The van der Waals surface area contributed by atoms with Crippen molar-refractivity contribution in [3.05, 3.63) is 25.3 Å². The lowest BCUT2D eigenvalue weighted by molar-refractivity contribution is 1.47. The van der Waals surface area contributed by atoms with Crippen LogP contribution in [0.4, 0.5) is 0 Å². The molecule has 2 N–H and O–H groups in total. The summed E-state index contributed by atoms with van der Waals surface area (Å²) in [6.45, 7) is 7.36. The molecule has 0 bridgehead atoms. The lowest BCUT2D eigenvalue weighted by atomic mass is 9.58. The average molecular weight is 109 g/mol. The molecule has 0 fully saturated rings. The van der Waals surface area contributed by atoms with Crippen molar-refractivity contribution in [1.82, 2.24) is 0 Å². The van der Waals surface area contributed by atoms with Gasteiger partial charge >= 0.3 is 0 Å². The van der Waals surface area contributed by atoms with Gasteiger partial charge in [0.25, 0.3) is 0 Å². The molecule has 0 rings (SSSR count). The molecule has 0 saturated carbocycles.